The van der Waals surface area contributed by atoms with Crippen molar-refractivity contribution >= 4 is 17.8 Å². The first-order valence-electron chi connectivity index (χ1n) is 9.15. The summed E-state index contributed by atoms with van der Waals surface area (Å²) in [5.41, 5.74) is 13.8. The molecular formula is C21H26N4O4. The van der Waals surface area contributed by atoms with Gasteiger partial charge < -0.3 is 15.8 Å². The zero-order valence-electron chi connectivity index (χ0n) is 16.7. The Labute approximate surface area is 169 Å². The van der Waals surface area contributed by atoms with Gasteiger partial charge in [0.2, 0.25) is 5.91 Å². The maximum atomic E-state index is 12.2. The second-order valence-corrected chi connectivity index (χ2v) is 6.81. The molecule has 0 spiro atoms. The van der Waals surface area contributed by atoms with E-state index in [0.29, 0.717) is 5.75 Å². The predicted molar refractivity (Wildman–Crippen MR) is 109 cm³/mol. The molecule has 1 atom stereocenters. The Kier molecular flexibility index (Phi) is 7.59. The lowest BCUT2D eigenvalue weighted by atomic mass is 10.0. The Morgan fingerprint density at radius 1 is 0.931 bits per heavy atom. The number of primary amides is 1. The van der Waals surface area contributed by atoms with Gasteiger partial charge in [0.05, 0.1) is 12.5 Å². The normalized spacial score (nSPS) is 11.3. The topological polar surface area (TPSA) is 123 Å². The molecule has 0 fully saturated rings. The molecule has 0 aliphatic heterocycles. The monoisotopic (exact) mass is 398 g/mol. The lowest BCUT2D eigenvalue weighted by molar-refractivity contribution is -0.130. The number of benzene rings is 2. The van der Waals surface area contributed by atoms with E-state index in [1.165, 1.54) is 0 Å². The summed E-state index contributed by atoms with van der Waals surface area (Å²) in [6.07, 6.45) is -0.0930. The van der Waals surface area contributed by atoms with Gasteiger partial charge in [0.1, 0.15) is 5.75 Å². The van der Waals surface area contributed by atoms with E-state index in [4.69, 9.17) is 10.5 Å². The van der Waals surface area contributed by atoms with Crippen LogP contribution in [0.2, 0.25) is 0 Å². The fraction of sp³-hybridized carbons (Fsp3) is 0.286. The summed E-state index contributed by atoms with van der Waals surface area (Å²) in [5, 5.41) is 2.53. The van der Waals surface area contributed by atoms with Crippen molar-refractivity contribution < 1.29 is 19.1 Å². The maximum Gasteiger partial charge on any atom is 0.312 e. The molecule has 0 unspecified atom stereocenters. The zero-order valence-corrected chi connectivity index (χ0v) is 16.7. The fourth-order valence-corrected chi connectivity index (χ4v) is 2.59. The number of rotatable bonds is 7. The van der Waals surface area contributed by atoms with Crippen molar-refractivity contribution in [2.75, 3.05) is 6.61 Å². The molecule has 0 heterocycles. The van der Waals surface area contributed by atoms with Gasteiger partial charge >= 0.3 is 6.03 Å². The van der Waals surface area contributed by atoms with Crippen LogP contribution in [-0.4, -0.2) is 24.5 Å². The fourth-order valence-electron chi connectivity index (χ4n) is 2.59. The standard InChI is InChI=1S/C21H26N4O4/c1-13-4-7-16(8-5-13)18(23-21(22)28)11-19(26)24-25-20(27)12-29-17-9-6-14(2)15(3)10-17/h4-10,18H,11-12H2,1-3H3,(H,24,26)(H,25,27)(H3,22,23,28)/t18-/m1/s1. The molecule has 2 aromatic carbocycles. The van der Waals surface area contributed by atoms with Crippen LogP contribution in [0.1, 0.15) is 34.7 Å². The van der Waals surface area contributed by atoms with E-state index < -0.39 is 23.9 Å². The number of hydrazine groups is 1. The average molecular weight is 398 g/mol. The highest BCUT2D eigenvalue weighted by Crippen LogP contribution is 2.18. The number of nitrogens with one attached hydrogen (secondary N) is 3. The summed E-state index contributed by atoms with van der Waals surface area (Å²) in [5.74, 6) is -0.421. The van der Waals surface area contributed by atoms with E-state index in [-0.39, 0.29) is 13.0 Å². The molecule has 0 bridgehead atoms. The molecule has 0 aliphatic carbocycles. The van der Waals surface area contributed by atoms with Crippen molar-refractivity contribution in [1.82, 2.24) is 16.2 Å². The van der Waals surface area contributed by atoms with Gasteiger partial charge in [-0.25, -0.2) is 4.79 Å². The molecule has 0 saturated carbocycles. The first kappa shape index (κ1) is 21.7. The number of carbonyl (C=O) groups excluding carboxylic acids is 3. The number of carbonyl (C=O) groups is 3. The van der Waals surface area contributed by atoms with Crippen molar-refractivity contribution in [3.63, 3.8) is 0 Å². The van der Waals surface area contributed by atoms with Gasteiger partial charge in [-0.05, 0) is 49.6 Å². The highest BCUT2D eigenvalue weighted by atomic mass is 16.5. The van der Waals surface area contributed by atoms with Crippen molar-refractivity contribution in [2.45, 2.75) is 33.2 Å². The third-order valence-electron chi connectivity index (χ3n) is 4.38. The maximum absolute atomic E-state index is 12.2. The van der Waals surface area contributed by atoms with Gasteiger partial charge in [0, 0.05) is 0 Å². The number of ether oxygens (including phenoxy) is 1. The molecule has 154 valence electrons. The molecule has 5 N–H and O–H groups in total. The molecule has 29 heavy (non-hydrogen) atoms. The number of amides is 4. The summed E-state index contributed by atoms with van der Waals surface area (Å²) < 4.78 is 5.41. The third kappa shape index (κ3) is 7.17. The van der Waals surface area contributed by atoms with Crippen molar-refractivity contribution in [2.24, 2.45) is 5.73 Å². The number of aryl methyl sites for hydroxylation is 3. The predicted octanol–water partition coefficient (Wildman–Crippen LogP) is 1.94. The Hall–Kier alpha value is -3.55. The van der Waals surface area contributed by atoms with Crippen LogP contribution in [0.4, 0.5) is 4.79 Å². The molecule has 2 aromatic rings. The van der Waals surface area contributed by atoms with Gasteiger partial charge in [-0.2, -0.15) is 0 Å². The van der Waals surface area contributed by atoms with E-state index in [1.54, 1.807) is 18.2 Å². The van der Waals surface area contributed by atoms with E-state index in [2.05, 4.69) is 16.2 Å². The summed E-state index contributed by atoms with van der Waals surface area (Å²) in [6.45, 7) is 5.62. The average Bonchev–Trinajstić information content (AvgIpc) is 2.67. The third-order valence-corrected chi connectivity index (χ3v) is 4.38. The molecule has 8 heteroatoms. The van der Waals surface area contributed by atoms with Crippen molar-refractivity contribution in [1.29, 1.82) is 0 Å². The van der Waals surface area contributed by atoms with E-state index in [1.807, 2.05) is 45.0 Å². The second kappa shape index (κ2) is 10.1. The zero-order chi connectivity index (χ0) is 21.4. The first-order valence-corrected chi connectivity index (χ1v) is 9.15. The highest BCUT2D eigenvalue weighted by molar-refractivity contribution is 5.83. The van der Waals surface area contributed by atoms with E-state index in [0.717, 1.165) is 22.3 Å². The van der Waals surface area contributed by atoms with Gasteiger partial charge in [-0.1, -0.05) is 35.9 Å². The number of nitrogens with two attached hydrogens (primary N) is 1. The van der Waals surface area contributed by atoms with Crippen LogP contribution in [0, 0.1) is 20.8 Å². The van der Waals surface area contributed by atoms with E-state index in [9.17, 15) is 14.4 Å². The largest absolute Gasteiger partial charge is 0.484 e. The Morgan fingerprint density at radius 3 is 2.21 bits per heavy atom. The first-order chi connectivity index (χ1) is 13.7. The Balaban J connectivity index is 1.84. The quantitative estimate of drug-likeness (QED) is 0.532. The van der Waals surface area contributed by atoms with Gasteiger partial charge in [0.25, 0.3) is 5.91 Å². The minimum Gasteiger partial charge on any atom is -0.484 e. The minimum atomic E-state index is -0.741. The van der Waals surface area contributed by atoms with Crippen LogP contribution < -0.4 is 26.6 Å². The number of hydrogen-bond donors (Lipinski definition) is 4. The number of urea groups is 1. The van der Waals surface area contributed by atoms with Gasteiger partial charge in [0.15, 0.2) is 6.61 Å². The van der Waals surface area contributed by atoms with Crippen LogP contribution in [0.25, 0.3) is 0 Å². The Morgan fingerprint density at radius 2 is 1.59 bits per heavy atom. The molecule has 0 saturated heterocycles. The van der Waals surface area contributed by atoms with Crippen LogP contribution >= 0.6 is 0 Å². The van der Waals surface area contributed by atoms with Crippen LogP contribution in [0.3, 0.4) is 0 Å². The lowest BCUT2D eigenvalue weighted by Crippen LogP contribution is -2.45. The molecule has 4 amide bonds. The van der Waals surface area contributed by atoms with Gasteiger partial charge in [-0.3, -0.25) is 20.4 Å². The summed E-state index contributed by atoms with van der Waals surface area (Å²) >= 11 is 0. The summed E-state index contributed by atoms with van der Waals surface area (Å²) in [6, 6.07) is 11.5. The minimum absolute atomic E-state index is 0.0930. The molecule has 0 aliphatic rings. The molecule has 0 aromatic heterocycles. The second-order valence-electron chi connectivity index (χ2n) is 6.81. The SMILES string of the molecule is Cc1ccc([C@@H](CC(=O)NNC(=O)COc2ccc(C)c(C)c2)NC(N)=O)cc1. The lowest BCUT2D eigenvalue weighted by Gasteiger charge is -2.18. The van der Waals surface area contributed by atoms with Crippen molar-refractivity contribution in [3.8, 4) is 5.75 Å². The summed E-state index contributed by atoms with van der Waals surface area (Å²) in [4.78, 5) is 35.3. The van der Waals surface area contributed by atoms with Crippen LogP contribution in [0.15, 0.2) is 42.5 Å². The van der Waals surface area contributed by atoms with E-state index >= 15 is 0 Å². The van der Waals surface area contributed by atoms with Crippen LogP contribution in [-0.2, 0) is 9.59 Å². The van der Waals surface area contributed by atoms with Crippen molar-refractivity contribution in [3.05, 3.63) is 64.7 Å². The number of hydrogen-bond acceptors (Lipinski definition) is 4. The molecular weight excluding hydrogens is 372 g/mol. The Bertz CT molecular complexity index is 881. The summed E-state index contributed by atoms with van der Waals surface area (Å²) in [7, 11) is 0. The van der Waals surface area contributed by atoms with Crippen LogP contribution in [0.5, 0.6) is 5.75 Å². The molecule has 2 rings (SSSR count). The molecule has 8 nitrogen and oxygen atoms in total. The van der Waals surface area contributed by atoms with Gasteiger partial charge in [-0.15, -0.1) is 0 Å². The molecule has 0 radical (unpaired) electrons. The highest BCUT2D eigenvalue weighted by Gasteiger charge is 2.18. The smallest absolute Gasteiger partial charge is 0.312 e.